The maximum absolute atomic E-state index is 4.57. The van der Waals surface area contributed by atoms with Gasteiger partial charge >= 0.3 is 0 Å². The van der Waals surface area contributed by atoms with Crippen LogP contribution in [0, 0.1) is 6.92 Å². The Bertz CT molecular complexity index is 563. The molecular formula is C15H20N4S. The van der Waals surface area contributed by atoms with Gasteiger partial charge in [0.15, 0.2) is 0 Å². The molecule has 1 aliphatic rings. The molecule has 0 unspecified atom stereocenters. The van der Waals surface area contributed by atoms with Crippen molar-refractivity contribution in [2.24, 2.45) is 0 Å². The van der Waals surface area contributed by atoms with Crippen molar-refractivity contribution in [2.45, 2.75) is 38.9 Å². The van der Waals surface area contributed by atoms with Crippen molar-refractivity contribution >= 4 is 17.2 Å². The molecule has 0 radical (unpaired) electrons. The van der Waals surface area contributed by atoms with Crippen molar-refractivity contribution in [3.63, 3.8) is 0 Å². The number of thiophene rings is 1. The van der Waals surface area contributed by atoms with Crippen molar-refractivity contribution in [1.29, 1.82) is 0 Å². The second-order valence-electron chi connectivity index (χ2n) is 5.28. The minimum absolute atomic E-state index is 0.708. The maximum atomic E-state index is 4.57. The zero-order valence-corrected chi connectivity index (χ0v) is 12.8. The van der Waals surface area contributed by atoms with E-state index in [0.717, 1.165) is 30.4 Å². The summed E-state index contributed by atoms with van der Waals surface area (Å²) in [5, 5.41) is 5.25. The Hall–Kier alpha value is -1.46. The number of aromatic nitrogens is 2. The van der Waals surface area contributed by atoms with Gasteiger partial charge in [-0.1, -0.05) is 6.07 Å². The number of hydrogen-bond acceptors (Lipinski definition) is 5. The Labute approximate surface area is 123 Å². The molecule has 0 aromatic carbocycles. The van der Waals surface area contributed by atoms with Crippen LogP contribution in [-0.2, 0) is 13.1 Å². The topological polar surface area (TPSA) is 41.1 Å². The Morgan fingerprint density at radius 3 is 2.85 bits per heavy atom. The monoisotopic (exact) mass is 288 g/mol. The molecular weight excluding hydrogens is 268 g/mol. The molecule has 1 aliphatic carbocycles. The van der Waals surface area contributed by atoms with Crippen LogP contribution >= 0.6 is 11.3 Å². The summed E-state index contributed by atoms with van der Waals surface area (Å²) in [6, 6.07) is 7.01. The van der Waals surface area contributed by atoms with Crippen molar-refractivity contribution in [1.82, 2.24) is 14.9 Å². The van der Waals surface area contributed by atoms with E-state index in [0.29, 0.717) is 6.04 Å². The van der Waals surface area contributed by atoms with Gasteiger partial charge in [0.25, 0.3) is 0 Å². The van der Waals surface area contributed by atoms with Gasteiger partial charge in [0.2, 0.25) is 0 Å². The minimum Gasteiger partial charge on any atom is -0.373 e. The van der Waals surface area contributed by atoms with Gasteiger partial charge in [-0.15, -0.1) is 11.3 Å². The smallest absolute Gasteiger partial charge is 0.144 e. The number of hydrogen-bond donors (Lipinski definition) is 1. The van der Waals surface area contributed by atoms with E-state index in [9.17, 15) is 0 Å². The summed E-state index contributed by atoms with van der Waals surface area (Å²) in [6.07, 6.45) is 2.60. The van der Waals surface area contributed by atoms with E-state index < -0.39 is 0 Å². The van der Waals surface area contributed by atoms with Crippen LogP contribution in [0.5, 0.6) is 0 Å². The van der Waals surface area contributed by atoms with Gasteiger partial charge in [-0.2, -0.15) is 0 Å². The van der Waals surface area contributed by atoms with Gasteiger partial charge in [0.1, 0.15) is 11.6 Å². The lowest BCUT2D eigenvalue weighted by Crippen LogP contribution is -2.26. The molecule has 1 fully saturated rings. The van der Waals surface area contributed by atoms with Crippen LogP contribution in [0.15, 0.2) is 23.6 Å². The van der Waals surface area contributed by atoms with Gasteiger partial charge in [0, 0.05) is 36.3 Å². The lowest BCUT2D eigenvalue weighted by atomic mass is 10.3. The SMILES string of the molecule is CNc1cc(C)nc(CN(Cc2cccs2)C2CC2)n1. The molecule has 20 heavy (non-hydrogen) atoms. The molecule has 3 rings (SSSR count). The molecule has 2 aromatic heterocycles. The van der Waals surface area contributed by atoms with E-state index in [1.54, 1.807) is 0 Å². The van der Waals surface area contributed by atoms with Crippen LogP contribution in [0.1, 0.15) is 29.2 Å². The van der Waals surface area contributed by atoms with Crippen LogP contribution in [0.25, 0.3) is 0 Å². The summed E-state index contributed by atoms with van der Waals surface area (Å²) in [7, 11) is 1.90. The van der Waals surface area contributed by atoms with Gasteiger partial charge in [-0.05, 0) is 31.2 Å². The van der Waals surface area contributed by atoms with Crippen molar-refractivity contribution in [3.8, 4) is 0 Å². The molecule has 0 saturated heterocycles. The summed E-state index contributed by atoms with van der Waals surface area (Å²) in [4.78, 5) is 13.1. The first-order chi connectivity index (χ1) is 9.74. The van der Waals surface area contributed by atoms with Gasteiger partial charge in [-0.3, -0.25) is 4.90 Å². The fourth-order valence-electron chi connectivity index (χ4n) is 2.37. The molecule has 4 nitrogen and oxygen atoms in total. The largest absolute Gasteiger partial charge is 0.373 e. The van der Waals surface area contributed by atoms with Crippen molar-refractivity contribution < 1.29 is 0 Å². The summed E-state index contributed by atoms with van der Waals surface area (Å²) in [6.45, 7) is 3.86. The average molecular weight is 288 g/mol. The van der Waals surface area contributed by atoms with E-state index >= 15 is 0 Å². The average Bonchev–Trinajstić information content (AvgIpc) is 3.16. The van der Waals surface area contributed by atoms with Crippen molar-refractivity contribution in [3.05, 3.63) is 40.0 Å². The van der Waals surface area contributed by atoms with E-state index in [4.69, 9.17) is 0 Å². The predicted octanol–water partition coefficient (Wildman–Crippen LogP) is 3.05. The molecule has 0 atom stereocenters. The second-order valence-corrected chi connectivity index (χ2v) is 6.31. The molecule has 0 aliphatic heterocycles. The fraction of sp³-hybridized carbons (Fsp3) is 0.467. The molecule has 106 valence electrons. The molecule has 1 N–H and O–H groups in total. The lowest BCUT2D eigenvalue weighted by Gasteiger charge is -2.20. The highest BCUT2D eigenvalue weighted by Gasteiger charge is 2.29. The minimum atomic E-state index is 0.708. The fourth-order valence-corrected chi connectivity index (χ4v) is 3.10. The summed E-state index contributed by atoms with van der Waals surface area (Å²) in [5.41, 5.74) is 1.02. The number of anilines is 1. The third-order valence-corrected chi connectivity index (χ3v) is 4.36. The van der Waals surface area contributed by atoms with Crippen LogP contribution < -0.4 is 5.32 Å². The highest BCUT2D eigenvalue weighted by Crippen LogP contribution is 2.30. The van der Waals surface area contributed by atoms with Gasteiger partial charge < -0.3 is 5.32 Å². The molecule has 2 heterocycles. The van der Waals surface area contributed by atoms with Gasteiger partial charge in [-0.25, -0.2) is 9.97 Å². The third-order valence-electron chi connectivity index (χ3n) is 3.50. The lowest BCUT2D eigenvalue weighted by molar-refractivity contribution is 0.241. The Balaban J connectivity index is 1.74. The summed E-state index contributed by atoms with van der Waals surface area (Å²) >= 11 is 1.82. The normalized spacial score (nSPS) is 14.8. The first kappa shape index (κ1) is 13.5. The van der Waals surface area contributed by atoms with Crippen molar-refractivity contribution in [2.75, 3.05) is 12.4 Å². The predicted molar refractivity (Wildman–Crippen MR) is 82.9 cm³/mol. The van der Waals surface area contributed by atoms with E-state index in [1.165, 1.54) is 17.7 Å². The van der Waals surface area contributed by atoms with Crippen LogP contribution in [0.4, 0.5) is 5.82 Å². The zero-order chi connectivity index (χ0) is 13.9. The van der Waals surface area contributed by atoms with Gasteiger partial charge in [0.05, 0.1) is 6.54 Å². The highest BCUT2D eigenvalue weighted by atomic mass is 32.1. The van der Waals surface area contributed by atoms with Crippen LogP contribution in [0.2, 0.25) is 0 Å². The van der Waals surface area contributed by atoms with Crippen LogP contribution in [-0.4, -0.2) is 28.0 Å². The number of nitrogens with one attached hydrogen (secondary N) is 1. The molecule has 2 aromatic rings. The van der Waals surface area contributed by atoms with Crippen LogP contribution in [0.3, 0.4) is 0 Å². The standard InChI is InChI=1S/C15H20N4S/c1-11-8-14(16-2)18-15(17-11)10-19(12-5-6-12)9-13-4-3-7-20-13/h3-4,7-8,12H,5-6,9-10H2,1-2H3,(H,16,17,18). The third kappa shape index (κ3) is 3.35. The van der Waals surface area contributed by atoms with E-state index in [-0.39, 0.29) is 0 Å². The van der Waals surface area contributed by atoms with E-state index in [2.05, 4.69) is 37.7 Å². The van der Waals surface area contributed by atoms with E-state index in [1.807, 2.05) is 31.4 Å². The molecule has 5 heteroatoms. The quantitative estimate of drug-likeness (QED) is 0.887. The molecule has 0 amide bonds. The highest BCUT2D eigenvalue weighted by molar-refractivity contribution is 7.09. The molecule has 0 spiro atoms. The Morgan fingerprint density at radius 2 is 2.20 bits per heavy atom. The summed E-state index contributed by atoms with van der Waals surface area (Å²) in [5.74, 6) is 1.82. The second kappa shape index (κ2) is 5.89. The maximum Gasteiger partial charge on any atom is 0.144 e. The number of nitrogens with zero attached hydrogens (tertiary/aromatic N) is 3. The molecule has 1 saturated carbocycles. The molecule has 0 bridgehead atoms. The zero-order valence-electron chi connectivity index (χ0n) is 12.0. The summed E-state index contributed by atoms with van der Waals surface area (Å²) < 4.78 is 0. The Kier molecular flexibility index (Phi) is 3.98. The first-order valence-corrected chi connectivity index (χ1v) is 7.91. The Morgan fingerprint density at radius 1 is 1.35 bits per heavy atom. The number of aryl methyl sites for hydroxylation is 1. The number of rotatable bonds is 6. The first-order valence-electron chi connectivity index (χ1n) is 7.03.